The van der Waals surface area contributed by atoms with Gasteiger partial charge >= 0.3 is 0 Å². The van der Waals surface area contributed by atoms with Gasteiger partial charge in [0.05, 0.1) is 31.6 Å². The number of nitrogens with zero attached hydrogens (tertiary/aromatic N) is 2. The first-order chi connectivity index (χ1) is 16.4. The smallest absolute Gasteiger partial charge is 0.245 e. The Morgan fingerprint density at radius 1 is 1.15 bits per heavy atom. The predicted octanol–water partition coefficient (Wildman–Crippen LogP) is 2.01. The number of hydrogen-bond acceptors (Lipinski definition) is 5. The molecule has 4 atom stereocenters. The zero-order valence-electron chi connectivity index (χ0n) is 20.5. The average molecular weight is 472 g/mol. The van der Waals surface area contributed by atoms with Crippen LogP contribution in [0.3, 0.4) is 0 Å². The number of hydrogen-bond donors (Lipinski definition) is 1. The number of amides is 3. The van der Waals surface area contributed by atoms with Crippen molar-refractivity contribution in [1.29, 1.82) is 0 Å². The normalized spacial score (nSPS) is 25.2. The number of piperidine rings is 1. The summed E-state index contributed by atoms with van der Waals surface area (Å²) in [6.07, 6.45) is 3.51. The van der Waals surface area contributed by atoms with Crippen LogP contribution in [0.1, 0.15) is 45.1 Å². The minimum Gasteiger partial charge on any atom is -0.497 e. The number of fused-ring (bicyclic) bond motifs is 1. The van der Waals surface area contributed by atoms with Crippen LogP contribution < -0.4 is 10.1 Å². The fourth-order valence-electron chi connectivity index (χ4n) is 5.36. The monoisotopic (exact) mass is 471 g/mol. The number of likely N-dealkylation sites (tertiary alicyclic amines) is 2. The molecule has 34 heavy (non-hydrogen) atoms. The summed E-state index contributed by atoms with van der Waals surface area (Å²) < 4.78 is 11.1. The highest BCUT2D eigenvalue weighted by molar-refractivity contribution is 5.89. The van der Waals surface area contributed by atoms with E-state index < -0.39 is 12.0 Å². The molecule has 3 aliphatic heterocycles. The second-order valence-corrected chi connectivity index (χ2v) is 10.0. The zero-order chi connectivity index (χ0) is 24.2. The van der Waals surface area contributed by atoms with Crippen molar-refractivity contribution < 1.29 is 23.9 Å². The van der Waals surface area contributed by atoms with Gasteiger partial charge in [-0.05, 0) is 49.3 Å². The van der Waals surface area contributed by atoms with Gasteiger partial charge in [0.2, 0.25) is 17.7 Å². The lowest BCUT2D eigenvalue weighted by atomic mass is 9.88. The zero-order valence-corrected chi connectivity index (χ0v) is 20.5. The molecule has 1 aromatic carbocycles. The molecule has 1 aromatic rings. The molecule has 3 saturated heterocycles. The van der Waals surface area contributed by atoms with Gasteiger partial charge in [-0.2, -0.15) is 0 Å². The highest BCUT2D eigenvalue weighted by atomic mass is 16.5. The Morgan fingerprint density at radius 3 is 2.50 bits per heavy atom. The van der Waals surface area contributed by atoms with E-state index in [1.165, 1.54) is 0 Å². The standard InChI is InChI=1S/C26H37N3O5/c1-17(2)24(26(32)28-11-4-5-12-28)27-25(31)19-15-22-21(10-13-34-22)29(16-19)23(30)14-18-6-8-20(33-3)9-7-18/h6-9,17,19,21-22,24H,4-5,10-16H2,1-3H3,(H,27,31)/t19-,21-,22+,24?/m0/s1. The molecule has 0 aliphatic carbocycles. The number of ether oxygens (including phenoxy) is 2. The Morgan fingerprint density at radius 2 is 1.85 bits per heavy atom. The van der Waals surface area contributed by atoms with Crippen molar-refractivity contribution >= 4 is 17.7 Å². The van der Waals surface area contributed by atoms with Crippen LogP contribution in [0.15, 0.2) is 24.3 Å². The molecule has 3 amide bonds. The largest absolute Gasteiger partial charge is 0.497 e. The molecular weight excluding hydrogens is 434 g/mol. The molecule has 3 aliphatic rings. The fourth-order valence-corrected chi connectivity index (χ4v) is 5.36. The lowest BCUT2D eigenvalue weighted by Crippen LogP contribution is -2.58. The maximum absolute atomic E-state index is 13.3. The number of benzene rings is 1. The summed E-state index contributed by atoms with van der Waals surface area (Å²) in [6.45, 7) is 6.38. The van der Waals surface area contributed by atoms with E-state index >= 15 is 0 Å². The van der Waals surface area contributed by atoms with Crippen molar-refractivity contribution in [2.45, 2.75) is 64.1 Å². The van der Waals surface area contributed by atoms with E-state index in [0.29, 0.717) is 19.6 Å². The summed E-state index contributed by atoms with van der Waals surface area (Å²) >= 11 is 0. The van der Waals surface area contributed by atoms with Crippen molar-refractivity contribution in [1.82, 2.24) is 15.1 Å². The van der Waals surface area contributed by atoms with Crippen LogP contribution in [0.25, 0.3) is 0 Å². The highest BCUT2D eigenvalue weighted by Gasteiger charge is 2.44. The first-order valence-corrected chi connectivity index (χ1v) is 12.5. The molecule has 3 heterocycles. The minimum atomic E-state index is -0.545. The molecule has 8 heteroatoms. The summed E-state index contributed by atoms with van der Waals surface area (Å²) in [7, 11) is 1.61. The number of methoxy groups -OCH3 is 1. The third kappa shape index (κ3) is 5.37. The summed E-state index contributed by atoms with van der Waals surface area (Å²) in [5, 5.41) is 3.03. The van der Waals surface area contributed by atoms with E-state index in [2.05, 4.69) is 5.32 Å². The van der Waals surface area contributed by atoms with Gasteiger partial charge in [0.15, 0.2) is 0 Å². The molecule has 0 bridgehead atoms. The highest BCUT2D eigenvalue weighted by Crippen LogP contribution is 2.32. The maximum atomic E-state index is 13.3. The van der Waals surface area contributed by atoms with E-state index in [4.69, 9.17) is 9.47 Å². The van der Waals surface area contributed by atoms with Crippen LogP contribution in [-0.2, 0) is 25.5 Å². The van der Waals surface area contributed by atoms with Crippen LogP contribution in [0.5, 0.6) is 5.75 Å². The van der Waals surface area contributed by atoms with Gasteiger partial charge in [-0.25, -0.2) is 0 Å². The lowest BCUT2D eigenvalue weighted by molar-refractivity contribution is -0.144. The van der Waals surface area contributed by atoms with E-state index in [0.717, 1.165) is 43.7 Å². The van der Waals surface area contributed by atoms with Crippen LogP contribution in [0.4, 0.5) is 0 Å². The number of carbonyl (C=O) groups excluding carboxylic acids is 3. The van der Waals surface area contributed by atoms with E-state index in [-0.39, 0.29) is 42.2 Å². The van der Waals surface area contributed by atoms with Gasteiger partial charge in [-0.1, -0.05) is 26.0 Å². The predicted molar refractivity (Wildman–Crippen MR) is 127 cm³/mol. The summed E-state index contributed by atoms with van der Waals surface area (Å²) in [5.41, 5.74) is 0.906. The van der Waals surface area contributed by atoms with Crippen LogP contribution in [0, 0.1) is 11.8 Å². The van der Waals surface area contributed by atoms with Crippen molar-refractivity contribution in [2.75, 3.05) is 33.4 Å². The summed E-state index contributed by atoms with van der Waals surface area (Å²) in [4.78, 5) is 43.3. The lowest BCUT2D eigenvalue weighted by Gasteiger charge is -2.41. The first-order valence-electron chi connectivity index (χ1n) is 12.5. The van der Waals surface area contributed by atoms with Gasteiger partial charge in [-0.15, -0.1) is 0 Å². The third-order valence-electron chi connectivity index (χ3n) is 7.36. The maximum Gasteiger partial charge on any atom is 0.245 e. The molecule has 0 spiro atoms. The van der Waals surface area contributed by atoms with Crippen molar-refractivity contribution in [2.24, 2.45) is 11.8 Å². The van der Waals surface area contributed by atoms with Crippen LogP contribution in [-0.4, -0.2) is 79.1 Å². The van der Waals surface area contributed by atoms with Gasteiger partial charge < -0.3 is 24.6 Å². The minimum absolute atomic E-state index is 0.000842. The van der Waals surface area contributed by atoms with Gasteiger partial charge in [0.1, 0.15) is 11.8 Å². The number of nitrogens with one attached hydrogen (secondary N) is 1. The molecular formula is C26H37N3O5. The molecule has 0 saturated carbocycles. The van der Waals surface area contributed by atoms with E-state index in [1.54, 1.807) is 7.11 Å². The van der Waals surface area contributed by atoms with E-state index in [1.807, 2.05) is 47.9 Å². The molecule has 8 nitrogen and oxygen atoms in total. The molecule has 1 N–H and O–H groups in total. The fraction of sp³-hybridized carbons (Fsp3) is 0.654. The van der Waals surface area contributed by atoms with Crippen LogP contribution >= 0.6 is 0 Å². The number of rotatable bonds is 7. The molecule has 0 radical (unpaired) electrons. The molecule has 0 aromatic heterocycles. The Kier molecular flexibility index (Phi) is 7.76. The van der Waals surface area contributed by atoms with Crippen molar-refractivity contribution in [3.63, 3.8) is 0 Å². The average Bonchev–Trinajstić information content (AvgIpc) is 3.53. The quantitative estimate of drug-likeness (QED) is 0.657. The van der Waals surface area contributed by atoms with Crippen molar-refractivity contribution in [3.8, 4) is 5.75 Å². The summed E-state index contributed by atoms with van der Waals surface area (Å²) in [6, 6.07) is 6.94. The Labute approximate surface area is 201 Å². The van der Waals surface area contributed by atoms with Gasteiger partial charge in [-0.3, -0.25) is 14.4 Å². The first kappa shape index (κ1) is 24.5. The molecule has 3 fully saturated rings. The molecule has 186 valence electrons. The Balaban J connectivity index is 1.43. The third-order valence-corrected chi connectivity index (χ3v) is 7.36. The Bertz CT molecular complexity index is 881. The second kappa shape index (κ2) is 10.8. The van der Waals surface area contributed by atoms with Gasteiger partial charge in [0.25, 0.3) is 0 Å². The van der Waals surface area contributed by atoms with Crippen molar-refractivity contribution in [3.05, 3.63) is 29.8 Å². The Hall–Kier alpha value is -2.61. The second-order valence-electron chi connectivity index (χ2n) is 10.0. The number of carbonyl (C=O) groups is 3. The topological polar surface area (TPSA) is 88.2 Å². The van der Waals surface area contributed by atoms with Gasteiger partial charge in [0, 0.05) is 26.2 Å². The van der Waals surface area contributed by atoms with Crippen LogP contribution in [0.2, 0.25) is 0 Å². The molecule has 4 rings (SSSR count). The van der Waals surface area contributed by atoms with E-state index in [9.17, 15) is 14.4 Å². The SMILES string of the molecule is COc1ccc(CC(=O)N2C[C@@H](C(=O)NC(C(=O)N3CCCC3)C(C)C)C[C@H]3OCC[C@@H]32)cc1. The molecule has 1 unspecified atom stereocenters. The summed E-state index contributed by atoms with van der Waals surface area (Å²) in [5.74, 6) is 0.173.